The van der Waals surface area contributed by atoms with Gasteiger partial charge in [-0.2, -0.15) is 0 Å². The molecule has 0 aromatic heterocycles. The third-order valence-electron chi connectivity index (χ3n) is 6.05. The highest BCUT2D eigenvalue weighted by atomic mass is 35.5. The molecule has 0 aliphatic carbocycles. The summed E-state index contributed by atoms with van der Waals surface area (Å²) in [5.74, 6) is -1.39. The van der Waals surface area contributed by atoms with Crippen LogP contribution >= 0.6 is 23.2 Å². The molecule has 1 saturated heterocycles. The molecule has 0 atom stereocenters. The van der Waals surface area contributed by atoms with E-state index in [0.717, 1.165) is 6.42 Å². The zero-order valence-electron chi connectivity index (χ0n) is 19.2. The molecule has 1 aliphatic rings. The largest absolute Gasteiger partial charge is 0.324 e. The van der Waals surface area contributed by atoms with Gasteiger partial charge in [-0.1, -0.05) is 85.4 Å². The minimum atomic E-state index is -1.57. The van der Waals surface area contributed by atoms with E-state index in [1.165, 1.54) is 10.0 Å². The maximum atomic E-state index is 14.1. The predicted molar refractivity (Wildman–Crippen MR) is 140 cm³/mol. The Balaban J connectivity index is 1.76. The molecule has 0 spiro atoms. The summed E-state index contributed by atoms with van der Waals surface area (Å²) in [6, 6.07) is 22.8. The Kier molecular flexibility index (Phi) is 7.43. The van der Waals surface area contributed by atoms with Crippen LogP contribution < -0.4 is 15.3 Å². The van der Waals surface area contributed by atoms with Crippen molar-refractivity contribution in [2.75, 3.05) is 15.3 Å². The second-order valence-electron chi connectivity index (χ2n) is 8.41. The summed E-state index contributed by atoms with van der Waals surface area (Å²) in [6.07, 6.45) is 1.26. The van der Waals surface area contributed by atoms with Crippen LogP contribution in [0.3, 0.4) is 0 Å². The Hall–Kier alpha value is -3.35. The molecule has 180 valence electrons. The molecule has 0 radical (unpaired) electrons. The highest BCUT2D eigenvalue weighted by Crippen LogP contribution is 2.44. The Morgan fingerprint density at radius 3 is 1.74 bits per heavy atom. The first-order valence-electron chi connectivity index (χ1n) is 11.4. The van der Waals surface area contributed by atoms with E-state index in [9.17, 15) is 14.4 Å². The van der Waals surface area contributed by atoms with E-state index in [-0.39, 0.29) is 28.6 Å². The van der Waals surface area contributed by atoms with E-state index >= 15 is 0 Å². The van der Waals surface area contributed by atoms with Gasteiger partial charge in [-0.05, 0) is 42.8 Å². The third-order valence-corrected chi connectivity index (χ3v) is 6.68. The number of para-hydroxylation sites is 3. The first kappa shape index (κ1) is 24.8. The van der Waals surface area contributed by atoms with Gasteiger partial charge in [-0.25, -0.2) is 10.0 Å². The molecule has 3 aromatic rings. The number of carbonyl (C=O) groups excluding carboxylic acids is 3. The average Bonchev–Trinajstić information content (AvgIpc) is 3.08. The first-order valence-corrected chi connectivity index (χ1v) is 12.2. The fourth-order valence-corrected chi connectivity index (χ4v) is 4.78. The number of hydrogen-bond donors (Lipinski definition) is 1. The van der Waals surface area contributed by atoms with Crippen LogP contribution in [-0.2, 0) is 14.4 Å². The SMILES string of the molecule is CCCCC1(CC(=O)Nc2c(Cl)cccc2Cl)C(=O)N(c2ccccc2)N(c2ccccc2)C1=O. The first-order chi connectivity index (χ1) is 16.9. The molecule has 1 heterocycles. The van der Waals surface area contributed by atoms with Crippen LogP contribution in [0.15, 0.2) is 78.9 Å². The van der Waals surface area contributed by atoms with Gasteiger partial charge in [0.25, 0.3) is 11.8 Å². The van der Waals surface area contributed by atoms with Crippen LogP contribution in [0.2, 0.25) is 10.0 Å². The van der Waals surface area contributed by atoms with Crippen LogP contribution in [0.25, 0.3) is 0 Å². The van der Waals surface area contributed by atoms with Gasteiger partial charge in [0.05, 0.1) is 33.5 Å². The van der Waals surface area contributed by atoms with Crippen molar-refractivity contribution in [2.24, 2.45) is 5.41 Å². The van der Waals surface area contributed by atoms with Crippen molar-refractivity contribution < 1.29 is 14.4 Å². The summed E-state index contributed by atoms with van der Waals surface area (Å²) in [7, 11) is 0. The maximum absolute atomic E-state index is 14.1. The van der Waals surface area contributed by atoms with Gasteiger partial charge in [-0.15, -0.1) is 0 Å². The normalized spacial score (nSPS) is 14.9. The minimum Gasteiger partial charge on any atom is -0.324 e. The molecule has 3 aromatic carbocycles. The number of halogens is 2. The van der Waals surface area contributed by atoms with Gasteiger partial charge in [0.1, 0.15) is 5.41 Å². The van der Waals surface area contributed by atoms with Gasteiger partial charge in [-0.3, -0.25) is 14.4 Å². The number of hydrogen-bond acceptors (Lipinski definition) is 3. The number of rotatable bonds is 8. The Labute approximate surface area is 214 Å². The van der Waals surface area contributed by atoms with Crippen molar-refractivity contribution in [1.82, 2.24) is 0 Å². The lowest BCUT2D eigenvalue weighted by atomic mass is 9.78. The zero-order valence-corrected chi connectivity index (χ0v) is 20.7. The molecule has 0 bridgehead atoms. The molecule has 35 heavy (non-hydrogen) atoms. The third kappa shape index (κ3) is 4.77. The summed E-state index contributed by atoms with van der Waals surface area (Å²) >= 11 is 12.4. The molecule has 3 amide bonds. The number of anilines is 3. The molecule has 0 unspecified atom stereocenters. The Morgan fingerprint density at radius 1 is 0.800 bits per heavy atom. The van der Waals surface area contributed by atoms with Crippen molar-refractivity contribution in [3.63, 3.8) is 0 Å². The summed E-state index contributed by atoms with van der Waals surface area (Å²) in [5.41, 5.74) is -0.228. The molecule has 0 saturated carbocycles. The molecule has 4 rings (SSSR count). The number of benzene rings is 3. The lowest BCUT2D eigenvalue weighted by Gasteiger charge is -2.27. The van der Waals surface area contributed by atoms with Gasteiger partial charge in [0.2, 0.25) is 5.91 Å². The van der Waals surface area contributed by atoms with Gasteiger partial charge in [0, 0.05) is 0 Å². The van der Waals surface area contributed by atoms with Crippen molar-refractivity contribution >= 4 is 58.0 Å². The average molecular weight is 510 g/mol. The topological polar surface area (TPSA) is 69.7 Å². The molecule has 1 fully saturated rings. The molecule has 1 N–H and O–H groups in total. The highest BCUT2D eigenvalue weighted by Gasteiger charge is 2.59. The maximum Gasteiger partial charge on any atom is 0.262 e. The Bertz CT molecular complexity index is 1160. The lowest BCUT2D eigenvalue weighted by molar-refractivity contribution is -0.139. The zero-order chi connectivity index (χ0) is 25.0. The number of carbonyl (C=O) groups is 3. The summed E-state index contributed by atoms with van der Waals surface area (Å²) < 4.78 is 0. The molecule has 6 nitrogen and oxygen atoms in total. The van der Waals surface area contributed by atoms with E-state index in [4.69, 9.17) is 23.2 Å². The quantitative estimate of drug-likeness (QED) is 0.352. The summed E-state index contributed by atoms with van der Waals surface area (Å²) in [6.45, 7) is 1.98. The monoisotopic (exact) mass is 509 g/mol. The lowest BCUT2D eigenvalue weighted by Crippen LogP contribution is -2.41. The van der Waals surface area contributed by atoms with Gasteiger partial charge >= 0.3 is 0 Å². The highest BCUT2D eigenvalue weighted by molar-refractivity contribution is 6.39. The van der Waals surface area contributed by atoms with Crippen molar-refractivity contribution in [3.05, 3.63) is 88.9 Å². The van der Waals surface area contributed by atoms with E-state index in [1.807, 2.05) is 19.1 Å². The minimum absolute atomic E-state index is 0.234. The standard InChI is InChI=1S/C27H25Cl2N3O3/c1-2-3-17-27(18-23(33)30-24-21(28)15-10-16-22(24)29)25(34)31(19-11-6-4-7-12-19)32(26(27)35)20-13-8-5-9-14-20/h4-16H,2-3,17-18H2,1H3,(H,30,33). The molecule has 8 heteroatoms. The molecule has 1 aliphatic heterocycles. The number of nitrogens with zero attached hydrogens (tertiary/aromatic N) is 2. The Morgan fingerprint density at radius 2 is 1.29 bits per heavy atom. The van der Waals surface area contributed by atoms with Crippen molar-refractivity contribution in [1.29, 1.82) is 0 Å². The van der Waals surface area contributed by atoms with Crippen molar-refractivity contribution in [2.45, 2.75) is 32.6 Å². The number of amides is 3. The number of nitrogens with one attached hydrogen (secondary N) is 1. The number of unbranched alkanes of at least 4 members (excludes halogenated alkanes) is 1. The van der Waals surface area contributed by atoms with E-state index in [0.29, 0.717) is 17.8 Å². The predicted octanol–water partition coefficient (Wildman–Crippen LogP) is 6.49. The van der Waals surface area contributed by atoms with Crippen LogP contribution in [0, 0.1) is 5.41 Å². The van der Waals surface area contributed by atoms with E-state index in [2.05, 4.69) is 5.32 Å². The van der Waals surface area contributed by atoms with E-state index in [1.54, 1.807) is 66.7 Å². The smallest absolute Gasteiger partial charge is 0.262 e. The number of hydrazine groups is 1. The van der Waals surface area contributed by atoms with Crippen LogP contribution in [0.1, 0.15) is 32.6 Å². The fourth-order valence-electron chi connectivity index (χ4n) is 4.29. The van der Waals surface area contributed by atoms with Crippen LogP contribution in [-0.4, -0.2) is 17.7 Å². The second kappa shape index (κ2) is 10.5. The summed E-state index contributed by atoms with van der Waals surface area (Å²) in [4.78, 5) is 41.4. The van der Waals surface area contributed by atoms with Crippen molar-refractivity contribution in [3.8, 4) is 0 Å². The fraction of sp³-hybridized carbons (Fsp3) is 0.222. The van der Waals surface area contributed by atoms with Gasteiger partial charge < -0.3 is 5.32 Å². The van der Waals surface area contributed by atoms with Crippen LogP contribution in [0.5, 0.6) is 0 Å². The van der Waals surface area contributed by atoms with Gasteiger partial charge in [0.15, 0.2) is 0 Å². The second-order valence-corrected chi connectivity index (χ2v) is 9.23. The van der Waals surface area contributed by atoms with Crippen LogP contribution in [0.4, 0.5) is 17.1 Å². The molecular weight excluding hydrogens is 485 g/mol. The summed E-state index contributed by atoms with van der Waals surface area (Å²) in [5, 5.41) is 6.01. The molecular formula is C27H25Cl2N3O3. The van der Waals surface area contributed by atoms with E-state index < -0.39 is 23.1 Å².